The van der Waals surface area contributed by atoms with Crippen LogP contribution in [0, 0.1) is 5.92 Å². The Kier molecular flexibility index (Phi) is 6.58. The van der Waals surface area contributed by atoms with E-state index in [0.29, 0.717) is 45.4 Å². The SMILES string of the molecule is CCCN(CCc1cccs1)S(=O)(=O)N1CCC(C(=O)O)CC1. The Labute approximate surface area is 141 Å². The molecular weight excluding hydrogens is 336 g/mol. The van der Waals surface area contributed by atoms with Gasteiger partial charge in [0.15, 0.2) is 0 Å². The number of thiophene rings is 1. The van der Waals surface area contributed by atoms with Gasteiger partial charge in [0.2, 0.25) is 0 Å². The Morgan fingerprint density at radius 2 is 2.09 bits per heavy atom. The molecule has 1 aliphatic rings. The molecule has 2 heterocycles. The smallest absolute Gasteiger partial charge is 0.306 e. The maximum absolute atomic E-state index is 12.8. The average molecular weight is 361 g/mol. The molecule has 0 saturated carbocycles. The molecule has 130 valence electrons. The zero-order valence-corrected chi connectivity index (χ0v) is 15.0. The van der Waals surface area contributed by atoms with Gasteiger partial charge in [-0.2, -0.15) is 17.0 Å². The van der Waals surface area contributed by atoms with Crippen LogP contribution in [0.3, 0.4) is 0 Å². The number of carboxylic acid groups (broad SMARTS) is 1. The van der Waals surface area contributed by atoms with E-state index in [1.54, 1.807) is 11.3 Å². The van der Waals surface area contributed by atoms with Crippen molar-refractivity contribution in [1.82, 2.24) is 8.61 Å². The van der Waals surface area contributed by atoms with Gasteiger partial charge in [0.25, 0.3) is 10.2 Å². The van der Waals surface area contributed by atoms with Crippen molar-refractivity contribution in [2.75, 3.05) is 26.2 Å². The number of carbonyl (C=O) groups is 1. The highest BCUT2D eigenvalue weighted by Crippen LogP contribution is 2.22. The van der Waals surface area contributed by atoms with E-state index in [2.05, 4.69) is 0 Å². The number of nitrogens with zero attached hydrogens (tertiary/aromatic N) is 2. The molecule has 6 nitrogen and oxygen atoms in total. The number of rotatable bonds is 8. The fourth-order valence-electron chi connectivity index (χ4n) is 2.78. The van der Waals surface area contributed by atoms with Gasteiger partial charge in [-0.15, -0.1) is 11.3 Å². The molecule has 1 aliphatic heterocycles. The number of aliphatic carboxylic acids is 1. The lowest BCUT2D eigenvalue weighted by Gasteiger charge is -2.33. The molecule has 1 N–H and O–H groups in total. The maximum Gasteiger partial charge on any atom is 0.306 e. The highest BCUT2D eigenvalue weighted by atomic mass is 32.2. The molecular formula is C15H24N2O4S2. The van der Waals surface area contributed by atoms with Crippen molar-refractivity contribution >= 4 is 27.5 Å². The summed E-state index contributed by atoms with van der Waals surface area (Å²) >= 11 is 1.63. The van der Waals surface area contributed by atoms with Crippen LogP contribution in [0.4, 0.5) is 0 Å². The molecule has 0 amide bonds. The number of carboxylic acids is 1. The minimum Gasteiger partial charge on any atom is -0.481 e. The van der Waals surface area contributed by atoms with E-state index in [-0.39, 0.29) is 0 Å². The topological polar surface area (TPSA) is 77.9 Å². The second-order valence-electron chi connectivity index (χ2n) is 5.75. The van der Waals surface area contributed by atoms with E-state index >= 15 is 0 Å². The lowest BCUT2D eigenvalue weighted by atomic mass is 9.99. The van der Waals surface area contributed by atoms with Gasteiger partial charge in [0.1, 0.15) is 0 Å². The lowest BCUT2D eigenvalue weighted by molar-refractivity contribution is -0.142. The molecule has 0 aromatic carbocycles. The summed E-state index contributed by atoms with van der Waals surface area (Å²) in [5.74, 6) is -1.25. The van der Waals surface area contributed by atoms with Gasteiger partial charge < -0.3 is 5.11 Å². The van der Waals surface area contributed by atoms with Crippen molar-refractivity contribution in [1.29, 1.82) is 0 Å². The summed E-state index contributed by atoms with van der Waals surface area (Å²) in [6.45, 7) is 3.50. The van der Waals surface area contributed by atoms with Crippen LogP contribution < -0.4 is 0 Å². The summed E-state index contributed by atoms with van der Waals surface area (Å²) in [6.07, 6.45) is 2.25. The monoisotopic (exact) mass is 360 g/mol. The predicted molar refractivity (Wildman–Crippen MR) is 90.7 cm³/mol. The molecule has 1 fully saturated rings. The molecule has 1 aromatic heterocycles. The number of hydrogen-bond acceptors (Lipinski definition) is 4. The Morgan fingerprint density at radius 1 is 1.39 bits per heavy atom. The zero-order chi connectivity index (χ0) is 16.9. The van der Waals surface area contributed by atoms with Crippen LogP contribution in [0.5, 0.6) is 0 Å². The average Bonchev–Trinajstić information content (AvgIpc) is 3.04. The summed E-state index contributed by atoms with van der Waals surface area (Å²) in [4.78, 5) is 12.2. The first-order chi connectivity index (χ1) is 10.9. The van der Waals surface area contributed by atoms with Gasteiger partial charge in [0.05, 0.1) is 5.92 Å². The standard InChI is InChI=1S/C15H24N2O4S2/c1-2-8-16(11-7-14-4-3-12-22-14)23(20,21)17-9-5-13(6-10-17)15(18)19/h3-4,12-13H,2,5-11H2,1H3,(H,18,19). The molecule has 1 aromatic rings. The maximum atomic E-state index is 12.8. The molecule has 8 heteroatoms. The Balaban J connectivity index is 2.00. The van der Waals surface area contributed by atoms with Crippen LogP contribution in [0.2, 0.25) is 0 Å². The highest BCUT2D eigenvalue weighted by molar-refractivity contribution is 7.86. The first-order valence-electron chi connectivity index (χ1n) is 7.95. The van der Waals surface area contributed by atoms with Crippen LogP contribution in [-0.4, -0.2) is 54.3 Å². The first-order valence-corrected chi connectivity index (χ1v) is 10.2. The van der Waals surface area contributed by atoms with Gasteiger partial charge in [0, 0.05) is 31.1 Å². The Morgan fingerprint density at radius 3 is 2.61 bits per heavy atom. The Bertz CT molecular complexity index is 593. The van der Waals surface area contributed by atoms with E-state index in [1.807, 2.05) is 24.4 Å². The van der Waals surface area contributed by atoms with Gasteiger partial charge >= 0.3 is 5.97 Å². The van der Waals surface area contributed by atoms with E-state index in [9.17, 15) is 13.2 Å². The van der Waals surface area contributed by atoms with Gasteiger partial charge in [-0.25, -0.2) is 0 Å². The van der Waals surface area contributed by atoms with Crippen molar-refractivity contribution in [2.24, 2.45) is 5.92 Å². The third-order valence-corrected chi connectivity index (χ3v) is 7.09. The van der Waals surface area contributed by atoms with E-state index in [0.717, 1.165) is 6.42 Å². The minimum atomic E-state index is -3.51. The summed E-state index contributed by atoms with van der Waals surface area (Å²) in [7, 11) is -3.51. The number of piperidine rings is 1. The molecule has 0 unspecified atom stereocenters. The van der Waals surface area contributed by atoms with Crippen LogP contribution in [0.25, 0.3) is 0 Å². The van der Waals surface area contributed by atoms with E-state index < -0.39 is 22.1 Å². The second kappa shape index (κ2) is 8.23. The molecule has 0 atom stereocenters. The fourth-order valence-corrected chi connectivity index (χ4v) is 5.21. The largest absolute Gasteiger partial charge is 0.481 e. The molecule has 2 rings (SSSR count). The van der Waals surface area contributed by atoms with Crippen LogP contribution in [-0.2, 0) is 21.4 Å². The van der Waals surface area contributed by atoms with Crippen molar-refractivity contribution in [3.8, 4) is 0 Å². The fraction of sp³-hybridized carbons (Fsp3) is 0.667. The second-order valence-corrected chi connectivity index (χ2v) is 8.71. The number of hydrogen-bond donors (Lipinski definition) is 1. The third kappa shape index (κ3) is 4.76. The van der Waals surface area contributed by atoms with E-state index in [4.69, 9.17) is 5.11 Å². The van der Waals surface area contributed by atoms with Gasteiger partial charge in [-0.1, -0.05) is 13.0 Å². The van der Waals surface area contributed by atoms with Gasteiger partial charge in [-0.05, 0) is 37.1 Å². The van der Waals surface area contributed by atoms with Crippen molar-refractivity contribution in [2.45, 2.75) is 32.6 Å². The Hall–Kier alpha value is -0.960. The highest BCUT2D eigenvalue weighted by Gasteiger charge is 2.34. The summed E-state index contributed by atoms with van der Waals surface area (Å²) < 4.78 is 28.6. The first kappa shape index (κ1) is 18.4. The van der Waals surface area contributed by atoms with Gasteiger partial charge in [-0.3, -0.25) is 4.79 Å². The molecule has 0 aliphatic carbocycles. The van der Waals surface area contributed by atoms with Crippen LogP contribution in [0.1, 0.15) is 31.1 Å². The molecule has 0 bridgehead atoms. The zero-order valence-electron chi connectivity index (χ0n) is 13.3. The van der Waals surface area contributed by atoms with Crippen molar-refractivity contribution < 1.29 is 18.3 Å². The van der Waals surface area contributed by atoms with Crippen LogP contribution >= 0.6 is 11.3 Å². The quantitative estimate of drug-likeness (QED) is 0.769. The van der Waals surface area contributed by atoms with Crippen molar-refractivity contribution in [3.05, 3.63) is 22.4 Å². The minimum absolute atomic E-state index is 0.290. The molecule has 23 heavy (non-hydrogen) atoms. The summed E-state index contributed by atoms with van der Waals surface area (Å²) in [6, 6.07) is 3.98. The molecule has 1 saturated heterocycles. The third-order valence-electron chi connectivity index (χ3n) is 4.12. The summed E-state index contributed by atoms with van der Waals surface area (Å²) in [5.41, 5.74) is 0. The van der Waals surface area contributed by atoms with Crippen molar-refractivity contribution in [3.63, 3.8) is 0 Å². The predicted octanol–water partition coefficient (Wildman–Crippen LogP) is 2.04. The van der Waals surface area contributed by atoms with Crippen LogP contribution in [0.15, 0.2) is 17.5 Å². The molecule has 0 spiro atoms. The molecule has 0 radical (unpaired) electrons. The normalized spacial score (nSPS) is 17.7. The summed E-state index contributed by atoms with van der Waals surface area (Å²) in [5, 5.41) is 11.0. The van der Waals surface area contributed by atoms with E-state index in [1.165, 1.54) is 13.5 Å². The lowest BCUT2D eigenvalue weighted by Crippen LogP contribution is -2.48.